The predicted octanol–water partition coefficient (Wildman–Crippen LogP) is 2.63. The van der Waals surface area contributed by atoms with Gasteiger partial charge in [0.2, 0.25) is 0 Å². The average Bonchev–Trinajstić information content (AvgIpc) is 3.37. The number of rotatable bonds is 10. The van der Waals surface area contributed by atoms with Gasteiger partial charge < -0.3 is 14.6 Å². The van der Waals surface area contributed by atoms with E-state index in [1.807, 2.05) is 25.2 Å². The molecule has 0 spiro atoms. The van der Waals surface area contributed by atoms with Gasteiger partial charge in [-0.25, -0.2) is 22.5 Å². The molecular weight excluding hydrogens is 443 g/mol. The van der Waals surface area contributed by atoms with Gasteiger partial charge in [0.15, 0.2) is 16.6 Å². The van der Waals surface area contributed by atoms with Crippen molar-refractivity contribution in [1.82, 2.24) is 19.6 Å². The van der Waals surface area contributed by atoms with Gasteiger partial charge >= 0.3 is 0 Å². The summed E-state index contributed by atoms with van der Waals surface area (Å²) >= 11 is 0. The number of imidazole rings is 1. The van der Waals surface area contributed by atoms with Gasteiger partial charge in [0.25, 0.3) is 10.0 Å². The van der Waals surface area contributed by atoms with Crippen LogP contribution < -0.4 is 14.8 Å². The van der Waals surface area contributed by atoms with Crippen molar-refractivity contribution in [2.45, 2.75) is 23.8 Å². The van der Waals surface area contributed by atoms with Crippen LogP contribution in [0.3, 0.4) is 0 Å². The Kier molecular flexibility index (Phi) is 7.11. The Morgan fingerprint density at radius 2 is 2.03 bits per heavy atom. The largest absolute Gasteiger partial charge is 0.489 e. The number of fused-ring (bicyclic) bond motifs is 1. The fourth-order valence-electron chi connectivity index (χ4n) is 4.48. The molecule has 0 aliphatic heterocycles. The fraction of sp³-hybridized carbons (Fsp3) is 0.375. The number of hydrogen-bond acceptors (Lipinski definition) is 5. The highest BCUT2D eigenvalue weighted by Gasteiger charge is 2.33. The van der Waals surface area contributed by atoms with Crippen LogP contribution >= 0.6 is 0 Å². The summed E-state index contributed by atoms with van der Waals surface area (Å²) in [6.07, 6.45) is 4.51. The van der Waals surface area contributed by atoms with Crippen LogP contribution in [-0.4, -0.2) is 44.7 Å². The maximum atomic E-state index is 14.7. The normalized spacial score (nSPS) is 17.8. The topological polar surface area (TPSA) is 85.3 Å². The van der Waals surface area contributed by atoms with Crippen molar-refractivity contribution in [1.29, 1.82) is 0 Å². The number of aryl methyl sites for hydroxylation is 1. The Labute approximate surface area is 194 Å². The number of benzene rings is 2. The molecule has 1 aliphatic carbocycles. The van der Waals surface area contributed by atoms with Crippen LogP contribution in [0, 0.1) is 11.7 Å². The zero-order valence-corrected chi connectivity index (χ0v) is 19.6. The van der Waals surface area contributed by atoms with Gasteiger partial charge in [0.05, 0.1) is 6.33 Å². The van der Waals surface area contributed by atoms with Gasteiger partial charge in [-0.15, -0.1) is 0 Å². The van der Waals surface area contributed by atoms with E-state index in [1.165, 1.54) is 18.1 Å². The van der Waals surface area contributed by atoms with Gasteiger partial charge in [-0.2, -0.15) is 0 Å². The molecule has 2 N–H and O–H groups in total. The molecule has 0 saturated heterocycles. The number of hydrogen-bond donors (Lipinski definition) is 2. The number of sulfonamides is 1. The van der Waals surface area contributed by atoms with Crippen molar-refractivity contribution < 1.29 is 17.5 Å². The van der Waals surface area contributed by atoms with Crippen LogP contribution in [0.5, 0.6) is 5.75 Å². The molecule has 3 aromatic rings. The van der Waals surface area contributed by atoms with Crippen LogP contribution in [-0.2, 0) is 29.9 Å². The van der Waals surface area contributed by atoms with Crippen LogP contribution in [0.2, 0.25) is 0 Å². The number of halogens is 1. The summed E-state index contributed by atoms with van der Waals surface area (Å²) in [5.41, 5.74) is 3.36. The molecule has 0 amide bonds. The fourth-order valence-corrected chi connectivity index (χ4v) is 5.47. The molecule has 9 heteroatoms. The quantitative estimate of drug-likeness (QED) is 0.443. The zero-order chi connectivity index (χ0) is 23.4. The lowest BCUT2D eigenvalue weighted by atomic mass is 9.86. The molecule has 0 bridgehead atoms. The zero-order valence-electron chi connectivity index (χ0n) is 18.8. The van der Waals surface area contributed by atoms with Gasteiger partial charge in [0, 0.05) is 19.8 Å². The highest BCUT2D eigenvalue weighted by Crippen LogP contribution is 2.42. The van der Waals surface area contributed by atoms with Gasteiger partial charge in [0.1, 0.15) is 6.61 Å². The van der Waals surface area contributed by atoms with Crippen LogP contribution in [0.4, 0.5) is 4.39 Å². The molecule has 176 valence electrons. The molecule has 33 heavy (non-hydrogen) atoms. The third-order valence-corrected chi connectivity index (χ3v) is 7.36. The van der Waals surface area contributed by atoms with Crippen LogP contribution in [0.1, 0.15) is 22.6 Å². The van der Waals surface area contributed by atoms with Gasteiger partial charge in [-0.1, -0.05) is 30.3 Å². The molecule has 1 aliphatic rings. The van der Waals surface area contributed by atoms with Crippen molar-refractivity contribution in [3.05, 3.63) is 77.5 Å². The minimum Gasteiger partial charge on any atom is -0.489 e. The van der Waals surface area contributed by atoms with Crippen molar-refractivity contribution in [2.24, 2.45) is 13.0 Å². The smallest absolute Gasteiger partial charge is 0.259 e. The first-order valence-electron chi connectivity index (χ1n) is 11.0. The molecule has 0 fully saturated rings. The number of aromatic nitrogens is 2. The van der Waals surface area contributed by atoms with E-state index in [-0.39, 0.29) is 29.8 Å². The molecule has 2 aromatic carbocycles. The second kappa shape index (κ2) is 10.0. The minimum atomic E-state index is -3.73. The maximum absolute atomic E-state index is 14.7. The monoisotopic (exact) mass is 472 g/mol. The van der Waals surface area contributed by atoms with Crippen LogP contribution in [0.15, 0.2) is 60.0 Å². The van der Waals surface area contributed by atoms with Crippen molar-refractivity contribution in [3.8, 4) is 5.75 Å². The summed E-state index contributed by atoms with van der Waals surface area (Å²) in [6, 6.07) is 13.7. The predicted molar refractivity (Wildman–Crippen MR) is 124 cm³/mol. The molecule has 0 saturated carbocycles. The summed E-state index contributed by atoms with van der Waals surface area (Å²) in [5.74, 6) is 0.337. The Morgan fingerprint density at radius 1 is 1.24 bits per heavy atom. The first kappa shape index (κ1) is 23.4. The van der Waals surface area contributed by atoms with Crippen molar-refractivity contribution in [3.63, 3.8) is 0 Å². The molecule has 2 unspecified atom stereocenters. The van der Waals surface area contributed by atoms with Crippen LogP contribution in [0.25, 0.3) is 0 Å². The molecular formula is C24H29FN4O3S. The van der Waals surface area contributed by atoms with Crippen molar-refractivity contribution >= 4 is 10.0 Å². The van der Waals surface area contributed by atoms with E-state index in [9.17, 15) is 12.8 Å². The van der Waals surface area contributed by atoms with E-state index in [0.29, 0.717) is 5.92 Å². The SMILES string of the molecule is CNCC1Cc2cc(F)c(OCCNS(=O)(=O)c3cn(C)cn3)cc2C1Cc1ccccc1. The third-order valence-electron chi connectivity index (χ3n) is 6.02. The van der Waals surface area contributed by atoms with E-state index in [4.69, 9.17) is 4.74 Å². The standard InChI is InChI=1S/C24H29FN4O3S/c1-26-14-19-11-18-12-22(25)23(13-21(18)20(19)10-17-6-4-3-5-7-17)32-9-8-28-33(30,31)24-15-29(2)16-27-24/h3-7,12-13,15-16,19-20,26,28H,8-11,14H2,1-2H3. The highest BCUT2D eigenvalue weighted by molar-refractivity contribution is 7.89. The number of nitrogens with one attached hydrogen (secondary N) is 2. The maximum Gasteiger partial charge on any atom is 0.259 e. The number of ether oxygens (including phenoxy) is 1. The number of nitrogens with zero attached hydrogens (tertiary/aromatic N) is 2. The summed E-state index contributed by atoms with van der Waals surface area (Å²) in [6.45, 7) is 0.857. The highest BCUT2D eigenvalue weighted by atomic mass is 32.2. The summed E-state index contributed by atoms with van der Waals surface area (Å²) in [5, 5.41) is 3.20. The Morgan fingerprint density at radius 3 is 2.73 bits per heavy atom. The Bertz CT molecular complexity index is 1200. The molecule has 2 atom stereocenters. The van der Waals surface area contributed by atoms with E-state index >= 15 is 0 Å². The lowest BCUT2D eigenvalue weighted by molar-refractivity contribution is 0.305. The first-order valence-corrected chi connectivity index (χ1v) is 12.5. The molecule has 4 rings (SSSR count). The van der Waals surface area contributed by atoms with E-state index in [0.717, 1.165) is 30.5 Å². The van der Waals surface area contributed by atoms with E-state index in [1.54, 1.807) is 23.7 Å². The average molecular weight is 473 g/mol. The van der Waals surface area contributed by atoms with E-state index < -0.39 is 15.8 Å². The summed E-state index contributed by atoms with van der Waals surface area (Å²) < 4.78 is 48.9. The Balaban J connectivity index is 1.45. The Hall–Kier alpha value is -2.75. The van der Waals surface area contributed by atoms with E-state index in [2.05, 4.69) is 27.2 Å². The first-order chi connectivity index (χ1) is 15.9. The van der Waals surface area contributed by atoms with Crippen molar-refractivity contribution in [2.75, 3.05) is 26.7 Å². The summed E-state index contributed by atoms with van der Waals surface area (Å²) in [4.78, 5) is 3.85. The second-order valence-corrected chi connectivity index (χ2v) is 10.1. The lowest BCUT2D eigenvalue weighted by Gasteiger charge is -2.21. The molecule has 1 aromatic heterocycles. The molecule has 0 radical (unpaired) electrons. The third kappa shape index (κ3) is 5.43. The molecule has 7 nitrogen and oxygen atoms in total. The van der Waals surface area contributed by atoms with Gasteiger partial charge in [-0.3, -0.25) is 0 Å². The second-order valence-electron chi connectivity index (χ2n) is 8.42. The van der Waals surface area contributed by atoms with Gasteiger partial charge in [-0.05, 0) is 67.1 Å². The summed E-state index contributed by atoms with van der Waals surface area (Å²) in [7, 11) is -0.107. The minimum absolute atomic E-state index is 0.00503. The lowest BCUT2D eigenvalue weighted by Crippen LogP contribution is -2.28. The molecule has 1 heterocycles.